The van der Waals surface area contributed by atoms with Crippen molar-refractivity contribution < 1.29 is 0 Å². The summed E-state index contributed by atoms with van der Waals surface area (Å²) in [4.78, 5) is 0. The van der Waals surface area contributed by atoms with Crippen LogP contribution >= 0.6 is 15.9 Å². The van der Waals surface area contributed by atoms with Gasteiger partial charge in [0.2, 0.25) is 0 Å². The molecule has 1 aliphatic rings. The molecule has 0 radical (unpaired) electrons. The predicted octanol–water partition coefficient (Wildman–Crippen LogP) is 3.34. The number of hydrogen-bond acceptors (Lipinski definition) is 1. The van der Waals surface area contributed by atoms with Crippen molar-refractivity contribution in [1.82, 2.24) is 0 Å². The van der Waals surface area contributed by atoms with Gasteiger partial charge >= 0.3 is 0 Å². The van der Waals surface area contributed by atoms with Gasteiger partial charge in [-0.15, -0.1) is 12.3 Å². The van der Waals surface area contributed by atoms with Crippen molar-refractivity contribution in [3.8, 4) is 30.3 Å². The lowest BCUT2D eigenvalue weighted by atomic mass is 9.98. The molecule has 0 heterocycles. The van der Waals surface area contributed by atoms with Crippen LogP contribution in [0.3, 0.4) is 0 Å². The van der Waals surface area contributed by atoms with E-state index in [9.17, 15) is 0 Å². The number of terminal acetylenes is 1. The lowest BCUT2D eigenvalue weighted by molar-refractivity contribution is 0.901. The Morgan fingerprint density at radius 3 is 2.88 bits per heavy atom. The van der Waals surface area contributed by atoms with E-state index in [1.54, 1.807) is 0 Å². The lowest BCUT2D eigenvalue weighted by Gasteiger charge is -2.15. The minimum Gasteiger partial charge on any atom is -0.196 e. The Kier molecular flexibility index (Phi) is 4.91. The fraction of sp³-hybridized carbons (Fsp3) is 0.357. The maximum absolute atomic E-state index is 8.88. The Morgan fingerprint density at radius 2 is 2.31 bits per heavy atom. The zero-order chi connectivity index (χ0) is 11.9. The second kappa shape index (κ2) is 6.22. The topological polar surface area (TPSA) is 23.8 Å². The Balaban J connectivity index is 2.46. The third-order valence-electron chi connectivity index (χ3n) is 2.19. The van der Waals surface area contributed by atoms with Gasteiger partial charge in [-0.2, -0.15) is 5.26 Å². The smallest absolute Gasteiger partial charge is 0.134 e. The molecule has 1 atom stereocenters. The molecule has 80 valence electrons. The third kappa shape index (κ3) is 3.98. The maximum Gasteiger partial charge on any atom is 0.134 e. The van der Waals surface area contributed by atoms with Crippen molar-refractivity contribution in [3.05, 3.63) is 23.8 Å². The van der Waals surface area contributed by atoms with Crippen LogP contribution in [0.4, 0.5) is 0 Å². The molecule has 2 heteroatoms. The highest BCUT2D eigenvalue weighted by Crippen LogP contribution is 2.28. The Labute approximate surface area is 105 Å². The maximum atomic E-state index is 8.88. The number of halogens is 1. The summed E-state index contributed by atoms with van der Waals surface area (Å²) in [7, 11) is 0. The second-order valence-electron chi connectivity index (χ2n) is 3.53. The van der Waals surface area contributed by atoms with Gasteiger partial charge < -0.3 is 0 Å². The first kappa shape index (κ1) is 12.6. The Morgan fingerprint density at radius 1 is 1.50 bits per heavy atom. The van der Waals surface area contributed by atoms with E-state index in [1.165, 1.54) is 0 Å². The number of nitrogens with zero attached hydrogens (tertiary/aromatic N) is 1. The second-order valence-corrected chi connectivity index (χ2v) is 4.95. The van der Waals surface area contributed by atoms with E-state index >= 15 is 0 Å². The molecule has 1 unspecified atom stereocenters. The van der Waals surface area contributed by atoms with Gasteiger partial charge in [-0.3, -0.25) is 0 Å². The molecule has 0 spiro atoms. The first-order valence-electron chi connectivity index (χ1n) is 5.12. The molecule has 0 bridgehead atoms. The number of hydrogen-bond donors (Lipinski definition) is 0. The number of unbranched alkanes of at least 4 members (excludes halogenated alkanes) is 2. The number of allylic oxidation sites excluding steroid dienone is 4. The molecule has 0 amide bonds. The van der Waals surface area contributed by atoms with Gasteiger partial charge in [-0.05, 0) is 18.9 Å². The SMILES string of the molecule is C#CCCCC#CC1=CCC(Br)(C#N)C=C1. The third-order valence-corrected chi connectivity index (χ3v) is 2.95. The van der Waals surface area contributed by atoms with Crippen LogP contribution in [0.1, 0.15) is 25.7 Å². The van der Waals surface area contributed by atoms with Crippen molar-refractivity contribution in [2.24, 2.45) is 0 Å². The molecule has 0 aromatic carbocycles. The summed E-state index contributed by atoms with van der Waals surface area (Å²) < 4.78 is -0.540. The highest BCUT2D eigenvalue weighted by atomic mass is 79.9. The van der Waals surface area contributed by atoms with E-state index in [0.717, 1.165) is 24.8 Å². The van der Waals surface area contributed by atoms with Gasteiger partial charge in [0.05, 0.1) is 6.07 Å². The van der Waals surface area contributed by atoms with Gasteiger partial charge in [-0.25, -0.2) is 0 Å². The fourth-order valence-corrected chi connectivity index (χ4v) is 1.53. The zero-order valence-corrected chi connectivity index (χ0v) is 10.5. The van der Waals surface area contributed by atoms with Crippen LogP contribution < -0.4 is 0 Å². The van der Waals surface area contributed by atoms with Gasteiger partial charge in [0.15, 0.2) is 0 Å². The Bertz CT molecular complexity index is 448. The van der Waals surface area contributed by atoms with E-state index in [0.29, 0.717) is 6.42 Å². The monoisotopic (exact) mass is 273 g/mol. The summed E-state index contributed by atoms with van der Waals surface area (Å²) in [5.41, 5.74) is 0.978. The van der Waals surface area contributed by atoms with Crippen molar-refractivity contribution in [2.45, 2.75) is 30.0 Å². The van der Waals surface area contributed by atoms with Crippen molar-refractivity contribution in [1.29, 1.82) is 5.26 Å². The van der Waals surface area contributed by atoms with Crippen molar-refractivity contribution in [2.75, 3.05) is 0 Å². The van der Waals surface area contributed by atoms with Crippen molar-refractivity contribution >= 4 is 15.9 Å². The summed E-state index contributed by atoms with van der Waals surface area (Å²) in [5, 5.41) is 8.88. The van der Waals surface area contributed by atoms with E-state index < -0.39 is 4.32 Å². The molecular formula is C14H12BrN. The van der Waals surface area contributed by atoms with E-state index in [2.05, 4.69) is 39.8 Å². The molecule has 16 heavy (non-hydrogen) atoms. The van der Waals surface area contributed by atoms with Gasteiger partial charge in [0.25, 0.3) is 0 Å². The van der Waals surface area contributed by atoms with Crippen LogP contribution in [-0.2, 0) is 0 Å². The minimum absolute atomic E-state index is 0.540. The standard InChI is InChI=1S/C14H12BrN/c1-2-3-4-5-6-7-13-8-10-14(15,12-16)11-9-13/h1,8-10H,3-5,11H2. The molecule has 0 N–H and O–H groups in total. The quantitative estimate of drug-likeness (QED) is 0.430. The molecule has 0 aromatic rings. The van der Waals surface area contributed by atoms with E-state index in [-0.39, 0.29) is 0 Å². The predicted molar refractivity (Wildman–Crippen MR) is 69.6 cm³/mol. The highest BCUT2D eigenvalue weighted by molar-refractivity contribution is 9.10. The van der Waals surface area contributed by atoms with E-state index in [1.807, 2.05) is 18.2 Å². The van der Waals surface area contributed by atoms with Crippen LogP contribution in [0.2, 0.25) is 0 Å². The number of nitriles is 1. The van der Waals surface area contributed by atoms with Gasteiger partial charge in [0, 0.05) is 18.4 Å². The molecule has 1 aliphatic carbocycles. The lowest BCUT2D eigenvalue weighted by Crippen LogP contribution is -2.15. The van der Waals surface area contributed by atoms with E-state index in [4.69, 9.17) is 11.7 Å². The minimum atomic E-state index is -0.540. The zero-order valence-electron chi connectivity index (χ0n) is 8.96. The van der Waals surface area contributed by atoms with Crippen molar-refractivity contribution in [3.63, 3.8) is 0 Å². The molecule has 0 aliphatic heterocycles. The summed E-state index contributed by atoms with van der Waals surface area (Å²) in [5.74, 6) is 8.73. The van der Waals surface area contributed by atoms with Crippen LogP contribution in [0.15, 0.2) is 23.8 Å². The summed E-state index contributed by atoms with van der Waals surface area (Å²) >= 11 is 3.36. The number of rotatable bonds is 2. The number of alkyl halides is 1. The molecule has 1 rings (SSSR count). The summed E-state index contributed by atoms with van der Waals surface area (Å²) in [6.07, 6.45) is 14.1. The Hall–Kier alpha value is -1.43. The average Bonchev–Trinajstić information content (AvgIpc) is 2.31. The molecule has 0 saturated heterocycles. The molecule has 0 aromatic heterocycles. The highest BCUT2D eigenvalue weighted by Gasteiger charge is 2.23. The molecule has 0 fully saturated rings. The molecule has 1 nitrogen and oxygen atoms in total. The van der Waals surface area contributed by atoms with Gasteiger partial charge in [-0.1, -0.05) is 39.9 Å². The molecular weight excluding hydrogens is 262 g/mol. The summed E-state index contributed by atoms with van der Waals surface area (Å²) in [6.45, 7) is 0. The normalized spacial score (nSPS) is 22.3. The summed E-state index contributed by atoms with van der Waals surface area (Å²) in [6, 6.07) is 2.20. The van der Waals surface area contributed by atoms with Crippen LogP contribution in [0.5, 0.6) is 0 Å². The van der Waals surface area contributed by atoms with Crippen LogP contribution in [0.25, 0.3) is 0 Å². The first-order chi connectivity index (χ1) is 7.70. The molecule has 0 saturated carbocycles. The van der Waals surface area contributed by atoms with Gasteiger partial charge in [0.1, 0.15) is 4.32 Å². The average molecular weight is 274 g/mol. The van der Waals surface area contributed by atoms with Crippen LogP contribution in [0, 0.1) is 35.5 Å². The fourth-order valence-electron chi connectivity index (χ4n) is 1.24. The largest absolute Gasteiger partial charge is 0.196 e. The van der Waals surface area contributed by atoms with Crippen LogP contribution in [-0.4, -0.2) is 4.32 Å². The first-order valence-corrected chi connectivity index (χ1v) is 5.91.